The largest absolute Gasteiger partial charge is 0.350 e. The third kappa shape index (κ3) is 5.10. The maximum Gasteiger partial charge on any atom is 0.251 e. The molecule has 0 aliphatic heterocycles. The van der Waals surface area contributed by atoms with E-state index in [4.69, 9.17) is 0 Å². The summed E-state index contributed by atoms with van der Waals surface area (Å²) in [6.45, 7) is 9.36. The molecule has 0 heterocycles. The number of carbonyl (C=O) groups is 1. The Kier molecular flexibility index (Phi) is 6.56. The fourth-order valence-corrected chi connectivity index (χ4v) is 3.48. The summed E-state index contributed by atoms with van der Waals surface area (Å²) in [5, 5.41) is 2.79. The van der Waals surface area contributed by atoms with Crippen molar-refractivity contribution < 1.29 is 13.2 Å². The second kappa shape index (κ2) is 7.74. The summed E-state index contributed by atoms with van der Waals surface area (Å²) < 4.78 is 27.4. The minimum absolute atomic E-state index is 0.00475. The number of carbonyl (C=O) groups excluding carboxylic acids is 1. The van der Waals surface area contributed by atoms with Crippen LogP contribution in [0.15, 0.2) is 23.1 Å². The number of hydrogen-bond acceptors (Lipinski definition) is 3. The van der Waals surface area contributed by atoms with Gasteiger partial charge in [0.1, 0.15) is 0 Å². The summed E-state index contributed by atoms with van der Waals surface area (Å²) in [5.74, 6) is -0.258. The first-order valence-corrected chi connectivity index (χ1v) is 9.09. The molecule has 5 nitrogen and oxygen atoms in total. The predicted octanol–water partition coefficient (Wildman–Crippen LogP) is 2.60. The summed E-state index contributed by atoms with van der Waals surface area (Å²) in [7, 11) is -3.61. The maximum atomic E-state index is 12.4. The molecule has 1 atom stereocenters. The minimum Gasteiger partial charge on any atom is -0.350 e. The molecular weight excluding hydrogens is 300 g/mol. The molecule has 1 aromatic rings. The highest BCUT2D eigenvalue weighted by atomic mass is 32.2. The van der Waals surface area contributed by atoms with Crippen LogP contribution in [-0.4, -0.2) is 26.4 Å². The van der Waals surface area contributed by atoms with Gasteiger partial charge < -0.3 is 5.32 Å². The van der Waals surface area contributed by atoms with Gasteiger partial charge in [0.25, 0.3) is 5.91 Å². The summed E-state index contributed by atoms with van der Waals surface area (Å²) in [6, 6.07) is 4.49. The number of aryl methyl sites for hydroxylation is 1. The van der Waals surface area contributed by atoms with Gasteiger partial charge in [-0.05, 0) is 51.8 Å². The zero-order valence-electron chi connectivity index (χ0n) is 13.9. The average Bonchev–Trinajstić information content (AvgIpc) is 2.37. The van der Waals surface area contributed by atoms with E-state index in [-0.39, 0.29) is 22.9 Å². The first-order valence-electron chi connectivity index (χ1n) is 7.61. The Morgan fingerprint density at radius 1 is 1.23 bits per heavy atom. The number of hydrogen-bond donors (Lipinski definition) is 2. The molecule has 0 aromatic heterocycles. The minimum atomic E-state index is -3.61. The molecular formula is C16H26N2O3S. The summed E-state index contributed by atoms with van der Waals surface area (Å²) in [5.41, 5.74) is 1.14. The molecule has 1 amide bonds. The molecule has 0 radical (unpaired) electrons. The maximum absolute atomic E-state index is 12.4. The molecule has 1 aromatic carbocycles. The summed E-state index contributed by atoms with van der Waals surface area (Å²) >= 11 is 0. The average molecular weight is 326 g/mol. The van der Waals surface area contributed by atoms with Crippen LogP contribution in [0.4, 0.5) is 0 Å². The third-order valence-electron chi connectivity index (χ3n) is 3.26. The lowest BCUT2D eigenvalue weighted by atomic mass is 10.1. The van der Waals surface area contributed by atoms with Gasteiger partial charge in [0.05, 0.1) is 4.90 Å². The molecule has 124 valence electrons. The molecule has 0 fully saturated rings. The van der Waals surface area contributed by atoms with Crippen LogP contribution >= 0.6 is 0 Å². The zero-order valence-corrected chi connectivity index (χ0v) is 14.8. The van der Waals surface area contributed by atoms with Crippen molar-refractivity contribution in [3.05, 3.63) is 29.3 Å². The lowest BCUT2D eigenvalue weighted by molar-refractivity contribution is 0.0942. The lowest BCUT2D eigenvalue weighted by Gasteiger charge is -2.15. The highest BCUT2D eigenvalue weighted by molar-refractivity contribution is 7.89. The molecule has 22 heavy (non-hydrogen) atoms. The standard InChI is InChI=1S/C16H26N2O3S/c1-6-7-13(5)18-22(20,21)14-9-8-12(4)15(10-14)16(19)17-11(2)3/h8-11,13,18H,6-7H2,1-5H3,(H,17,19)/t13-/m0/s1. The second-order valence-electron chi connectivity index (χ2n) is 5.92. The van der Waals surface area contributed by atoms with Gasteiger partial charge in [-0.2, -0.15) is 0 Å². The number of rotatable bonds is 7. The van der Waals surface area contributed by atoms with Gasteiger partial charge in [-0.3, -0.25) is 4.79 Å². The van der Waals surface area contributed by atoms with Crippen molar-refractivity contribution in [2.75, 3.05) is 0 Å². The van der Waals surface area contributed by atoms with Crippen molar-refractivity contribution in [1.82, 2.24) is 10.0 Å². The van der Waals surface area contributed by atoms with Crippen molar-refractivity contribution in [2.24, 2.45) is 0 Å². The lowest BCUT2D eigenvalue weighted by Crippen LogP contribution is -2.33. The van der Waals surface area contributed by atoms with Crippen LogP contribution in [0.25, 0.3) is 0 Å². The van der Waals surface area contributed by atoms with E-state index in [0.717, 1.165) is 18.4 Å². The van der Waals surface area contributed by atoms with Crippen LogP contribution in [0.1, 0.15) is 56.5 Å². The van der Waals surface area contributed by atoms with Crippen LogP contribution < -0.4 is 10.0 Å². The van der Waals surface area contributed by atoms with Gasteiger partial charge in [-0.1, -0.05) is 19.4 Å². The molecule has 0 unspecified atom stereocenters. The monoisotopic (exact) mass is 326 g/mol. The Morgan fingerprint density at radius 3 is 2.41 bits per heavy atom. The quantitative estimate of drug-likeness (QED) is 0.809. The van der Waals surface area contributed by atoms with E-state index in [9.17, 15) is 13.2 Å². The Morgan fingerprint density at radius 2 is 1.86 bits per heavy atom. The Labute approximate surface area is 133 Å². The van der Waals surface area contributed by atoms with E-state index in [2.05, 4.69) is 10.0 Å². The van der Waals surface area contributed by atoms with E-state index in [0.29, 0.717) is 5.56 Å². The highest BCUT2D eigenvalue weighted by Crippen LogP contribution is 2.16. The van der Waals surface area contributed by atoms with Crippen molar-refractivity contribution in [2.45, 2.75) is 64.4 Å². The SMILES string of the molecule is CCC[C@H](C)NS(=O)(=O)c1ccc(C)c(C(=O)NC(C)C)c1. The van der Waals surface area contributed by atoms with Crippen LogP contribution in [-0.2, 0) is 10.0 Å². The topological polar surface area (TPSA) is 75.3 Å². The molecule has 0 saturated heterocycles. The third-order valence-corrected chi connectivity index (χ3v) is 4.85. The summed E-state index contributed by atoms with van der Waals surface area (Å²) in [6.07, 6.45) is 1.67. The summed E-state index contributed by atoms with van der Waals surface area (Å²) in [4.78, 5) is 12.3. The molecule has 0 saturated carbocycles. The number of benzene rings is 1. The van der Waals surface area contributed by atoms with Crippen LogP contribution in [0.5, 0.6) is 0 Å². The Balaban J connectivity index is 3.09. The zero-order chi connectivity index (χ0) is 16.9. The van der Waals surface area contributed by atoms with Crippen molar-refractivity contribution in [3.8, 4) is 0 Å². The molecule has 2 N–H and O–H groups in total. The first-order chi connectivity index (χ1) is 10.2. The van der Waals surface area contributed by atoms with Crippen LogP contribution in [0.2, 0.25) is 0 Å². The molecule has 6 heteroatoms. The van der Waals surface area contributed by atoms with Crippen LogP contribution in [0.3, 0.4) is 0 Å². The molecule has 0 aliphatic carbocycles. The van der Waals surface area contributed by atoms with Crippen LogP contribution in [0, 0.1) is 6.92 Å². The van der Waals surface area contributed by atoms with Gasteiger partial charge >= 0.3 is 0 Å². The van der Waals surface area contributed by atoms with E-state index in [1.54, 1.807) is 13.0 Å². The van der Waals surface area contributed by atoms with Gasteiger partial charge in [0.2, 0.25) is 10.0 Å². The highest BCUT2D eigenvalue weighted by Gasteiger charge is 2.20. The predicted molar refractivity (Wildman–Crippen MR) is 88.5 cm³/mol. The van der Waals surface area contributed by atoms with Gasteiger partial charge in [-0.25, -0.2) is 13.1 Å². The first kappa shape index (κ1) is 18.6. The number of amides is 1. The fourth-order valence-electron chi connectivity index (χ4n) is 2.18. The molecule has 0 aliphatic rings. The Hall–Kier alpha value is -1.40. The van der Waals surface area contributed by atoms with E-state index in [1.165, 1.54) is 12.1 Å². The van der Waals surface area contributed by atoms with E-state index < -0.39 is 10.0 Å². The van der Waals surface area contributed by atoms with E-state index in [1.807, 2.05) is 27.7 Å². The number of sulfonamides is 1. The molecule has 0 bridgehead atoms. The Bertz CT molecular complexity index is 624. The van der Waals surface area contributed by atoms with Gasteiger partial charge in [0, 0.05) is 17.6 Å². The van der Waals surface area contributed by atoms with E-state index >= 15 is 0 Å². The molecule has 1 rings (SSSR count). The van der Waals surface area contributed by atoms with Gasteiger partial charge in [-0.15, -0.1) is 0 Å². The second-order valence-corrected chi connectivity index (χ2v) is 7.63. The smallest absolute Gasteiger partial charge is 0.251 e. The van der Waals surface area contributed by atoms with Gasteiger partial charge in [0.15, 0.2) is 0 Å². The van der Waals surface area contributed by atoms with Crippen molar-refractivity contribution in [3.63, 3.8) is 0 Å². The molecule has 0 spiro atoms. The fraction of sp³-hybridized carbons (Fsp3) is 0.562. The van der Waals surface area contributed by atoms with Crippen molar-refractivity contribution in [1.29, 1.82) is 0 Å². The normalized spacial score (nSPS) is 13.2. The van der Waals surface area contributed by atoms with Crippen molar-refractivity contribution >= 4 is 15.9 Å². The number of nitrogens with one attached hydrogen (secondary N) is 2.